The average molecular weight is 366 g/mol. The van der Waals surface area contributed by atoms with Crippen LogP contribution in [0.5, 0.6) is 17.2 Å². The lowest BCUT2D eigenvalue weighted by molar-refractivity contribution is -0.0295. The minimum absolute atomic E-state index is 0.0161. The Morgan fingerprint density at radius 1 is 1.23 bits per heavy atom. The van der Waals surface area contributed by atoms with Gasteiger partial charge >= 0.3 is 0 Å². The third kappa shape index (κ3) is 5.02. The Hall–Kier alpha value is -1.99. The van der Waals surface area contributed by atoms with E-state index in [-0.39, 0.29) is 12.0 Å². The SMILES string of the molecule is COc1ccc(C(=O)NC[C@H]2CN(CC(C)C)CCO2)c(OC)c1OC. The van der Waals surface area contributed by atoms with E-state index in [1.54, 1.807) is 19.2 Å². The Bertz CT molecular complexity index is 606. The Kier molecular flexibility index (Phi) is 7.53. The smallest absolute Gasteiger partial charge is 0.255 e. The summed E-state index contributed by atoms with van der Waals surface area (Å²) in [4.78, 5) is 15.0. The first-order valence-corrected chi connectivity index (χ1v) is 8.91. The third-order valence-corrected chi connectivity index (χ3v) is 4.29. The zero-order valence-corrected chi connectivity index (χ0v) is 16.3. The Morgan fingerprint density at radius 3 is 2.58 bits per heavy atom. The highest BCUT2D eigenvalue weighted by Crippen LogP contribution is 2.39. The van der Waals surface area contributed by atoms with Crippen LogP contribution in [-0.4, -0.2) is 71.0 Å². The quantitative estimate of drug-likeness (QED) is 0.757. The number of hydrogen-bond donors (Lipinski definition) is 1. The molecule has 0 saturated carbocycles. The summed E-state index contributed by atoms with van der Waals surface area (Å²) in [5.41, 5.74) is 0.403. The van der Waals surface area contributed by atoms with Crippen LogP contribution in [0.3, 0.4) is 0 Å². The Balaban J connectivity index is 2.01. The van der Waals surface area contributed by atoms with Crippen LogP contribution in [0.25, 0.3) is 0 Å². The fourth-order valence-corrected chi connectivity index (χ4v) is 3.17. The summed E-state index contributed by atoms with van der Waals surface area (Å²) in [6.07, 6.45) is -0.0161. The number of ether oxygens (including phenoxy) is 4. The molecule has 1 atom stereocenters. The summed E-state index contributed by atoms with van der Waals surface area (Å²) in [5.74, 6) is 1.66. The molecule has 1 aromatic carbocycles. The summed E-state index contributed by atoms with van der Waals surface area (Å²) < 4.78 is 21.7. The van der Waals surface area contributed by atoms with Crippen LogP contribution in [0.15, 0.2) is 12.1 Å². The maximum atomic E-state index is 12.6. The molecule has 1 aliphatic rings. The van der Waals surface area contributed by atoms with Crippen molar-refractivity contribution in [3.63, 3.8) is 0 Å². The second kappa shape index (κ2) is 9.64. The van der Waals surface area contributed by atoms with Gasteiger partial charge in [0.05, 0.1) is 39.6 Å². The molecule has 0 unspecified atom stereocenters. The first-order valence-electron chi connectivity index (χ1n) is 8.91. The summed E-state index contributed by atoms with van der Waals surface area (Å²) in [5, 5.41) is 2.94. The van der Waals surface area contributed by atoms with Crippen molar-refractivity contribution >= 4 is 5.91 Å². The second-order valence-corrected chi connectivity index (χ2v) is 6.74. The topological polar surface area (TPSA) is 69.3 Å². The summed E-state index contributed by atoms with van der Waals surface area (Å²) in [7, 11) is 4.56. The molecule has 0 aromatic heterocycles. The van der Waals surface area contributed by atoms with E-state index >= 15 is 0 Å². The molecule has 1 amide bonds. The van der Waals surface area contributed by atoms with Crippen molar-refractivity contribution in [3.05, 3.63) is 17.7 Å². The van der Waals surface area contributed by atoms with Gasteiger partial charge in [0.2, 0.25) is 5.75 Å². The number of amides is 1. The zero-order valence-electron chi connectivity index (χ0n) is 16.3. The average Bonchev–Trinajstić information content (AvgIpc) is 2.64. The van der Waals surface area contributed by atoms with Crippen LogP contribution in [0, 0.1) is 5.92 Å². The van der Waals surface area contributed by atoms with Gasteiger partial charge in [-0.3, -0.25) is 9.69 Å². The van der Waals surface area contributed by atoms with E-state index in [4.69, 9.17) is 18.9 Å². The normalized spacial score (nSPS) is 17.8. The van der Waals surface area contributed by atoms with Gasteiger partial charge in [0.15, 0.2) is 11.5 Å². The van der Waals surface area contributed by atoms with Crippen LogP contribution in [0.2, 0.25) is 0 Å². The lowest BCUT2D eigenvalue weighted by atomic mass is 10.1. The van der Waals surface area contributed by atoms with E-state index in [1.807, 2.05) is 0 Å². The van der Waals surface area contributed by atoms with Gasteiger partial charge in [0.1, 0.15) is 0 Å². The predicted molar refractivity (Wildman–Crippen MR) is 99.4 cm³/mol. The zero-order chi connectivity index (χ0) is 19.1. The summed E-state index contributed by atoms with van der Waals surface area (Å²) in [6.45, 7) is 8.34. The van der Waals surface area contributed by atoms with Gasteiger partial charge in [-0.05, 0) is 18.1 Å². The van der Waals surface area contributed by atoms with E-state index in [2.05, 4.69) is 24.1 Å². The highest BCUT2D eigenvalue weighted by molar-refractivity contribution is 5.98. The number of nitrogens with zero attached hydrogens (tertiary/aromatic N) is 1. The molecule has 0 aliphatic carbocycles. The standard InChI is InChI=1S/C19H30N2O5/c1-13(2)11-21-8-9-26-14(12-21)10-20-19(22)15-6-7-16(23-3)18(25-5)17(15)24-4/h6-7,13-14H,8-12H2,1-5H3,(H,20,22)/t14-/m0/s1. The number of nitrogens with one attached hydrogen (secondary N) is 1. The van der Waals surface area contributed by atoms with Crippen molar-refractivity contribution in [2.24, 2.45) is 5.92 Å². The first-order chi connectivity index (χ1) is 12.5. The van der Waals surface area contributed by atoms with Crippen LogP contribution >= 0.6 is 0 Å². The largest absolute Gasteiger partial charge is 0.493 e. The second-order valence-electron chi connectivity index (χ2n) is 6.74. The molecule has 1 aromatic rings. The minimum atomic E-state index is -0.229. The Morgan fingerprint density at radius 2 is 1.96 bits per heavy atom. The number of carbonyl (C=O) groups excluding carboxylic acids is 1. The molecular weight excluding hydrogens is 336 g/mol. The lowest BCUT2D eigenvalue weighted by Crippen LogP contribution is -2.48. The number of carbonyl (C=O) groups is 1. The number of rotatable bonds is 8. The van der Waals surface area contributed by atoms with Gasteiger partial charge < -0.3 is 24.3 Å². The molecule has 7 nitrogen and oxygen atoms in total. The van der Waals surface area contributed by atoms with Gasteiger partial charge in [-0.25, -0.2) is 0 Å². The highest BCUT2D eigenvalue weighted by Gasteiger charge is 2.24. The van der Waals surface area contributed by atoms with Crippen molar-refractivity contribution < 1.29 is 23.7 Å². The van der Waals surface area contributed by atoms with E-state index in [9.17, 15) is 4.79 Å². The van der Waals surface area contributed by atoms with Crippen molar-refractivity contribution in [1.82, 2.24) is 10.2 Å². The molecule has 1 aliphatic heterocycles. The van der Waals surface area contributed by atoms with Crippen molar-refractivity contribution in [2.75, 3.05) is 54.1 Å². The molecule has 0 spiro atoms. The molecular formula is C19H30N2O5. The van der Waals surface area contributed by atoms with Gasteiger partial charge in [-0.15, -0.1) is 0 Å². The number of methoxy groups -OCH3 is 3. The molecule has 2 rings (SSSR count). The fourth-order valence-electron chi connectivity index (χ4n) is 3.17. The molecule has 0 bridgehead atoms. The number of hydrogen-bond acceptors (Lipinski definition) is 6. The van der Waals surface area contributed by atoms with E-state index in [0.717, 1.165) is 19.6 Å². The van der Waals surface area contributed by atoms with Crippen LogP contribution in [0.1, 0.15) is 24.2 Å². The lowest BCUT2D eigenvalue weighted by Gasteiger charge is -2.34. The van der Waals surface area contributed by atoms with E-state index in [0.29, 0.717) is 41.9 Å². The van der Waals surface area contributed by atoms with Crippen LogP contribution in [0.4, 0.5) is 0 Å². The molecule has 146 valence electrons. The summed E-state index contributed by atoms with van der Waals surface area (Å²) in [6, 6.07) is 3.36. The van der Waals surface area contributed by atoms with Gasteiger partial charge in [0, 0.05) is 26.2 Å². The van der Waals surface area contributed by atoms with Crippen molar-refractivity contribution in [2.45, 2.75) is 20.0 Å². The number of benzene rings is 1. The van der Waals surface area contributed by atoms with E-state index in [1.165, 1.54) is 14.2 Å². The minimum Gasteiger partial charge on any atom is -0.493 e. The monoisotopic (exact) mass is 366 g/mol. The predicted octanol–water partition coefficient (Wildman–Crippen LogP) is 1.80. The molecule has 1 saturated heterocycles. The molecule has 7 heteroatoms. The van der Waals surface area contributed by atoms with Crippen molar-refractivity contribution in [3.8, 4) is 17.2 Å². The van der Waals surface area contributed by atoms with E-state index < -0.39 is 0 Å². The Labute approximate surface area is 155 Å². The van der Waals surface area contributed by atoms with Gasteiger partial charge in [-0.2, -0.15) is 0 Å². The van der Waals surface area contributed by atoms with Crippen LogP contribution < -0.4 is 19.5 Å². The molecule has 0 radical (unpaired) electrons. The molecule has 1 heterocycles. The highest BCUT2D eigenvalue weighted by atomic mass is 16.5. The van der Waals surface area contributed by atoms with Gasteiger partial charge in [0.25, 0.3) is 5.91 Å². The fraction of sp³-hybridized carbons (Fsp3) is 0.632. The third-order valence-electron chi connectivity index (χ3n) is 4.29. The van der Waals surface area contributed by atoms with Crippen LogP contribution in [-0.2, 0) is 4.74 Å². The molecule has 26 heavy (non-hydrogen) atoms. The van der Waals surface area contributed by atoms with Crippen molar-refractivity contribution in [1.29, 1.82) is 0 Å². The summed E-state index contributed by atoms with van der Waals surface area (Å²) >= 11 is 0. The first kappa shape index (κ1) is 20.3. The molecule has 1 fully saturated rings. The van der Waals surface area contributed by atoms with Gasteiger partial charge in [-0.1, -0.05) is 13.8 Å². The maximum absolute atomic E-state index is 12.6. The molecule has 1 N–H and O–H groups in total. The maximum Gasteiger partial charge on any atom is 0.255 e. The number of morpholine rings is 1.